The van der Waals surface area contributed by atoms with Crippen molar-refractivity contribution in [2.24, 2.45) is 0 Å². The second-order valence-electron chi connectivity index (χ2n) is 5.04. The summed E-state index contributed by atoms with van der Waals surface area (Å²) in [6.45, 7) is 6.86. The van der Waals surface area contributed by atoms with Gasteiger partial charge in [-0.05, 0) is 39.8 Å². The fourth-order valence-corrected chi connectivity index (χ4v) is 2.10. The summed E-state index contributed by atoms with van der Waals surface area (Å²) < 4.78 is 0. The molecule has 1 atom stereocenters. The molecule has 0 aliphatic rings. The van der Waals surface area contributed by atoms with Crippen LogP contribution in [0.3, 0.4) is 0 Å². The van der Waals surface area contributed by atoms with Crippen LogP contribution in [0.5, 0.6) is 0 Å². The van der Waals surface area contributed by atoms with Crippen LogP contribution in [0.25, 0.3) is 0 Å². The van der Waals surface area contributed by atoms with E-state index in [1.807, 2.05) is 13.0 Å². The van der Waals surface area contributed by atoms with E-state index in [0.717, 1.165) is 4.88 Å². The summed E-state index contributed by atoms with van der Waals surface area (Å²) in [5, 5.41) is 14.7. The van der Waals surface area contributed by atoms with Crippen molar-refractivity contribution in [1.29, 1.82) is 0 Å². The van der Waals surface area contributed by atoms with E-state index in [4.69, 9.17) is 0 Å². The molecule has 0 spiro atoms. The van der Waals surface area contributed by atoms with Crippen molar-refractivity contribution >= 4 is 23.2 Å². The standard InChI is InChI=1S/C13H20N2O3S/c1-8-5-6-10(19-8)12(18)14-7-11(17)15-13(3,4)9(2)16/h5-6,9,16H,7H2,1-4H3,(H,14,18)(H,15,17). The Morgan fingerprint density at radius 1 is 1.42 bits per heavy atom. The van der Waals surface area contributed by atoms with Crippen LogP contribution in [0.2, 0.25) is 0 Å². The van der Waals surface area contributed by atoms with E-state index in [0.29, 0.717) is 4.88 Å². The quantitative estimate of drug-likeness (QED) is 0.756. The van der Waals surface area contributed by atoms with Gasteiger partial charge in [0.25, 0.3) is 5.91 Å². The largest absolute Gasteiger partial charge is 0.391 e. The smallest absolute Gasteiger partial charge is 0.261 e. The molecule has 106 valence electrons. The summed E-state index contributed by atoms with van der Waals surface area (Å²) in [4.78, 5) is 25.0. The summed E-state index contributed by atoms with van der Waals surface area (Å²) in [6, 6.07) is 3.59. The first kappa shape index (κ1) is 15.7. The Hall–Kier alpha value is -1.40. The number of carbonyl (C=O) groups is 2. The highest BCUT2D eigenvalue weighted by Crippen LogP contribution is 2.14. The van der Waals surface area contributed by atoms with Crippen molar-refractivity contribution in [2.45, 2.75) is 39.3 Å². The van der Waals surface area contributed by atoms with Crippen LogP contribution in [-0.2, 0) is 4.79 Å². The molecule has 0 aromatic carbocycles. The van der Waals surface area contributed by atoms with E-state index in [1.165, 1.54) is 11.3 Å². The Kier molecular flexibility index (Phi) is 5.08. The van der Waals surface area contributed by atoms with Crippen LogP contribution in [0.1, 0.15) is 35.3 Å². The third-order valence-electron chi connectivity index (χ3n) is 2.88. The van der Waals surface area contributed by atoms with Gasteiger partial charge in [-0.3, -0.25) is 9.59 Å². The highest BCUT2D eigenvalue weighted by Gasteiger charge is 2.25. The van der Waals surface area contributed by atoms with Crippen molar-refractivity contribution in [3.63, 3.8) is 0 Å². The van der Waals surface area contributed by atoms with Gasteiger partial charge in [0.05, 0.1) is 23.1 Å². The molecule has 5 nitrogen and oxygen atoms in total. The van der Waals surface area contributed by atoms with E-state index in [2.05, 4.69) is 10.6 Å². The number of aryl methyl sites for hydroxylation is 1. The molecule has 6 heteroatoms. The van der Waals surface area contributed by atoms with Crippen LogP contribution in [0.15, 0.2) is 12.1 Å². The number of hydrogen-bond donors (Lipinski definition) is 3. The Morgan fingerprint density at radius 2 is 2.05 bits per heavy atom. The van der Waals surface area contributed by atoms with E-state index in [1.54, 1.807) is 26.8 Å². The highest BCUT2D eigenvalue weighted by molar-refractivity contribution is 7.13. The zero-order chi connectivity index (χ0) is 14.6. The summed E-state index contributed by atoms with van der Waals surface area (Å²) >= 11 is 1.38. The van der Waals surface area contributed by atoms with Gasteiger partial charge in [0.2, 0.25) is 5.91 Å². The van der Waals surface area contributed by atoms with Gasteiger partial charge in [-0.1, -0.05) is 0 Å². The number of hydrogen-bond acceptors (Lipinski definition) is 4. The molecule has 0 aliphatic carbocycles. The molecule has 0 saturated heterocycles. The molecular weight excluding hydrogens is 264 g/mol. The minimum absolute atomic E-state index is 0.105. The van der Waals surface area contributed by atoms with Gasteiger partial charge in [0, 0.05) is 4.88 Å². The molecule has 19 heavy (non-hydrogen) atoms. The molecule has 0 radical (unpaired) electrons. The lowest BCUT2D eigenvalue weighted by Crippen LogP contribution is -2.53. The maximum atomic E-state index is 11.7. The van der Waals surface area contributed by atoms with Crippen molar-refractivity contribution in [3.05, 3.63) is 21.9 Å². The Labute approximate surface area is 117 Å². The second-order valence-corrected chi connectivity index (χ2v) is 6.33. The molecule has 1 aromatic heterocycles. The van der Waals surface area contributed by atoms with Crippen LogP contribution >= 0.6 is 11.3 Å². The number of aliphatic hydroxyl groups is 1. The Morgan fingerprint density at radius 3 is 2.53 bits per heavy atom. The van der Waals surface area contributed by atoms with Crippen molar-refractivity contribution in [1.82, 2.24) is 10.6 Å². The first-order valence-corrected chi connectivity index (χ1v) is 6.88. The number of nitrogens with one attached hydrogen (secondary N) is 2. The summed E-state index contributed by atoms with van der Waals surface area (Å²) in [5.74, 6) is -0.587. The first-order valence-electron chi connectivity index (χ1n) is 6.06. The maximum absolute atomic E-state index is 11.7. The molecule has 1 unspecified atom stereocenters. The summed E-state index contributed by atoms with van der Waals surface area (Å²) in [6.07, 6.45) is -0.674. The highest BCUT2D eigenvalue weighted by atomic mass is 32.1. The lowest BCUT2D eigenvalue weighted by Gasteiger charge is -2.29. The van der Waals surface area contributed by atoms with Crippen molar-refractivity contribution in [3.8, 4) is 0 Å². The molecule has 1 heterocycles. The van der Waals surface area contributed by atoms with Gasteiger partial charge in [-0.15, -0.1) is 11.3 Å². The molecule has 2 amide bonds. The third kappa shape index (κ3) is 4.65. The topological polar surface area (TPSA) is 78.4 Å². The van der Waals surface area contributed by atoms with Crippen LogP contribution in [0, 0.1) is 6.92 Å². The predicted molar refractivity (Wildman–Crippen MR) is 75.3 cm³/mol. The average Bonchev–Trinajstić information content (AvgIpc) is 2.72. The Balaban J connectivity index is 2.45. The molecule has 0 bridgehead atoms. The molecule has 1 aromatic rings. The molecule has 3 N–H and O–H groups in total. The summed E-state index contributed by atoms with van der Waals surface area (Å²) in [5.41, 5.74) is -0.721. The average molecular weight is 284 g/mol. The number of rotatable bonds is 5. The van der Waals surface area contributed by atoms with Gasteiger partial charge >= 0.3 is 0 Å². The van der Waals surface area contributed by atoms with Crippen LogP contribution < -0.4 is 10.6 Å². The number of thiophene rings is 1. The zero-order valence-corrected chi connectivity index (χ0v) is 12.4. The van der Waals surface area contributed by atoms with Crippen molar-refractivity contribution < 1.29 is 14.7 Å². The lowest BCUT2D eigenvalue weighted by molar-refractivity contribution is -0.123. The van der Waals surface area contributed by atoms with E-state index in [9.17, 15) is 14.7 Å². The minimum Gasteiger partial charge on any atom is -0.391 e. The SMILES string of the molecule is Cc1ccc(C(=O)NCC(=O)NC(C)(C)C(C)O)s1. The Bertz CT molecular complexity index is 466. The first-order chi connectivity index (χ1) is 8.72. The number of aliphatic hydroxyl groups excluding tert-OH is 1. The van der Waals surface area contributed by atoms with Crippen LogP contribution in [-0.4, -0.2) is 35.1 Å². The fourth-order valence-electron chi connectivity index (χ4n) is 1.31. The zero-order valence-electron chi connectivity index (χ0n) is 11.6. The maximum Gasteiger partial charge on any atom is 0.261 e. The van der Waals surface area contributed by atoms with E-state index in [-0.39, 0.29) is 18.4 Å². The van der Waals surface area contributed by atoms with Crippen LogP contribution in [0.4, 0.5) is 0 Å². The molecular formula is C13H20N2O3S. The number of amides is 2. The fraction of sp³-hybridized carbons (Fsp3) is 0.538. The molecule has 0 saturated carbocycles. The molecule has 0 fully saturated rings. The van der Waals surface area contributed by atoms with Gasteiger partial charge in [-0.2, -0.15) is 0 Å². The van der Waals surface area contributed by atoms with E-state index < -0.39 is 11.6 Å². The van der Waals surface area contributed by atoms with Crippen molar-refractivity contribution in [2.75, 3.05) is 6.54 Å². The normalized spacial score (nSPS) is 12.9. The number of carbonyl (C=O) groups excluding carboxylic acids is 2. The van der Waals surface area contributed by atoms with Gasteiger partial charge in [-0.25, -0.2) is 0 Å². The predicted octanol–water partition coefficient (Wildman–Crippen LogP) is 1.06. The lowest BCUT2D eigenvalue weighted by atomic mass is 9.99. The molecule has 0 aliphatic heterocycles. The third-order valence-corrected chi connectivity index (χ3v) is 3.88. The van der Waals surface area contributed by atoms with E-state index >= 15 is 0 Å². The molecule has 1 rings (SSSR count). The van der Waals surface area contributed by atoms with Gasteiger partial charge < -0.3 is 15.7 Å². The van der Waals surface area contributed by atoms with Gasteiger partial charge in [0.1, 0.15) is 0 Å². The second kappa shape index (κ2) is 6.16. The summed E-state index contributed by atoms with van der Waals surface area (Å²) in [7, 11) is 0. The van der Waals surface area contributed by atoms with Gasteiger partial charge in [0.15, 0.2) is 0 Å². The minimum atomic E-state index is -0.721. The monoisotopic (exact) mass is 284 g/mol.